The first-order valence-corrected chi connectivity index (χ1v) is 8.42. The Balaban J connectivity index is 0.000000243. The first-order valence-electron chi connectivity index (χ1n) is 8.42. The molecule has 0 heterocycles. The number of hydrogen-bond donors (Lipinski definition) is 0. The van der Waals surface area contributed by atoms with Crippen LogP contribution in [0, 0.1) is 27.7 Å². The van der Waals surface area contributed by atoms with Crippen molar-refractivity contribution in [3.05, 3.63) is 69.3 Å². The van der Waals surface area contributed by atoms with Crippen LogP contribution in [-0.4, -0.2) is 0 Å². The van der Waals surface area contributed by atoms with Gasteiger partial charge in [-0.3, -0.25) is 0 Å². The lowest BCUT2D eigenvalue weighted by Crippen LogP contribution is -2.06. The number of fused-ring (bicyclic) bond motifs is 1. The lowest BCUT2D eigenvalue weighted by atomic mass is 9.89. The number of rotatable bonds is 0. The maximum absolute atomic E-state index is 12.3. The van der Waals surface area contributed by atoms with Crippen LogP contribution in [0.5, 0.6) is 0 Å². The van der Waals surface area contributed by atoms with Crippen LogP contribution in [-0.2, 0) is 19.0 Å². The first kappa shape index (κ1) is 21.3. The second-order valence-corrected chi connectivity index (χ2v) is 6.65. The Kier molecular flexibility index (Phi) is 7.28. The zero-order valence-electron chi connectivity index (χ0n) is 14.8. The number of benzene rings is 2. The van der Waals surface area contributed by atoms with Gasteiger partial charge in [0.2, 0.25) is 0 Å². The topological polar surface area (TPSA) is 0 Å². The van der Waals surface area contributed by atoms with E-state index in [0.717, 1.165) is 5.56 Å². The highest BCUT2D eigenvalue weighted by Crippen LogP contribution is 2.31. The Morgan fingerprint density at radius 2 is 1.36 bits per heavy atom. The molecule has 138 valence electrons. The Morgan fingerprint density at radius 1 is 0.800 bits per heavy atom. The molecule has 1 aliphatic carbocycles. The van der Waals surface area contributed by atoms with E-state index in [1.807, 2.05) is 6.92 Å². The van der Waals surface area contributed by atoms with Crippen molar-refractivity contribution in [1.82, 2.24) is 0 Å². The van der Waals surface area contributed by atoms with Crippen LogP contribution in [0.15, 0.2) is 30.3 Å². The van der Waals surface area contributed by atoms with Crippen LogP contribution in [0.25, 0.3) is 0 Å². The number of hydrogen-bond acceptors (Lipinski definition) is 0. The van der Waals surface area contributed by atoms with Gasteiger partial charge in [-0.05, 0) is 98.9 Å². The quantitative estimate of drug-likeness (QED) is 0.473. The molecule has 3 rings (SSSR count). The van der Waals surface area contributed by atoms with Crippen LogP contribution < -0.4 is 0 Å². The molecule has 1 aliphatic rings. The molecule has 0 amide bonds. The second-order valence-electron chi connectivity index (χ2n) is 6.65. The van der Waals surface area contributed by atoms with Crippen molar-refractivity contribution >= 4 is 0 Å². The lowest BCUT2D eigenvalue weighted by molar-refractivity contribution is -0.137. The van der Waals surface area contributed by atoms with Crippen molar-refractivity contribution in [2.45, 2.75) is 67.0 Å². The van der Waals surface area contributed by atoms with Crippen molar-refractivity contribution in [2.75, 3.05) is 0 Å². The van der Waals surface area contributed by atoms with Crippen molar-refractivity contribution in [3.63, 3.8) is 0 Å². The van der Waals surface area contributed by atoms with Gasteiger partial charge in [-0.2, -0.15) is 13.2 Å². The highest BCUT2D eigenvalue weighted by molar-refractivity contribution is 5.38. The molecule has 2 aromatic carbocycles. The Morgan fingerprint density at radius 3 is 1.88 bits per heavy atom. The maximum Gasteiger partial charge on any atom is 0.416 e. The fraction of sp³-hybridized carbons (Fsp3) is 0.455. The van der Waals surface area contributed by atoms with Crippen LogP contribution >= 0.6 is 0 Å². The van der Waals surface area contributed by atoms with Gasteiger partial charge in [-0.15, -0.1) is 0 Å². The molecule has 0 fully saturated rings. The Bertz CT molecular complexity index is 689. The summed E-state index contributed by atoms with van der Waals surface area (Å²) in [6.45, 7) is 7.43. The van der Waals surface area contributed by atoms with Gasteiger partial charge in [0.1, 0.15) is 0 Å². The summed E-state index contributed by atoms with van der Waals surface area (Å²) in [7, 11) is 0. The molecule has 0 saturated heterocycles. The molecule has 0 spiro atoms. The van der Waals surface area contributed by atoms with Gasteiger partial charge in [-0.25, -0.2) is 0 Å². The summed E-state index contributed by atoms with van der Waals surface area (Å²) in [4.78, 5) is 0. The highest BCUT2D eigenvalue weighted by atomic mass is 19.4. The number of aryl methyl sites for hydroxylation is 4. The van der Waals surface area contributed by atoms with E-state index in [9.17, 15) is 13.2 Å². The maximum atomic E-state index is 12.3. The smallest absolute Gasteiger partial charge is 0.166 e. The largest absolute Gasteiger partial charge is 0.416 e. The summed E-state index contributed by atoms with van der Waals surface area (Å²) in [5.41, 5.74) is 6.44. The Labute approximate surface area is 150 Å². The minimum Gasteiger partial charge on any atom is -0.166 e. The molecule has 0 aromatic heterocycles. The molecule has 3 heteroatoms. The van der Waals surface area contributed by atoms with Crippen LogP contribution in [0.1, 0.15) is 59.2 Å². The van der Waals surface area contributed by atoms with Crippen LogP contribution in [0.4, 0.5) is 13.2 Å². The van der Waals surface area contributed by atoms with Crippen molar-refractivity contribution in [1.29, 1.82) is 0 Å². The van der Waals surface area contributed by atoms with Crippen LogP contribution in [0.3, 0.4) is 0 Å². The molecule has 0 aliphatic heterocycles. The lowest BCUT2D eigenvalue weighted by Gasteiger charge is -2.17. The summed E-state index contributed by atoms with van der Waals surface area (Å²) in [5, 5.41) is 0. The molecule has 0 radical (unpaired) electrons. The molecule has 2 aromatic rings. The third-order valence-corrected chi connectivity index (χ3v) is 4.88. The highest BCUT2D eigenvalue weighted by Gasteiger charge is 2.30. The monoisotopic (exact) mass is 350 g/mol. The van der Waals surface area contributed by atoms with Crippen molar-refractivity contribution in [3.8, 4) is 0 Å². The molecule has 0 bridgehead atoms. The molecular weight excluding hydrogens is 321 g/mol. The summed E-state index contributed by atoms with van der Waals surface area (Å²) in [6.07, 6.45) is 1.15. The Hall–Kier alpha value is -1.77. The number of halogens is 3. The third kappa shape index (κ3) is 5.35. The fourth-order valence-electron chi connectivity index (χ4n) is 3.17. The minimum absolute atomic E-state index is 0. The van der Waals surface area contributed by atoms with Gasteiger partial charge < -0.3 is 0 Å². The van der Waals surface area contributed by atoms with Gasteiger partial charge in [0.05, 0.1) is 5.56 Å². The van der Waals surface area contributed by atoms with Crippen LogP contribution in [0.2, 0.25) is 0 Å². The summed E-state index contributed by atoms with van der Waals surface area (Å²) in [5.74, 6) is 0. The van der Waals surface area contributed by atoms with Gasteiger partial charge >= 0.3 is 6.18 Å². The summed E-state index contributed by atoms with van der Waals surface area (Å²) in [6, 6.07) is 9.05. The van der Waals surface area contributed by atoms with Gasteiger partial charge in [0, 0.05) is 0 Å². The molecule has 0 nitrogen and oxygen atoms in total. The average molecular weight is 350 g/mol. The van der Waals surface area contributed by atoms with Crippen molar-refractivity contribution < 1.29 is 13.2 Å². The van der Waals surface area contributed by atoms with E-state index in [-0.39, 0.29) is 7.43 Å². The molecule has 0 N–H and O–H groups in total. The molecule has 0 unspecified atom stereocenters. The summed E-state index contributed by atoms with van der Waals surface area (Å²) < 4.78 is 36.8. The first-order chi connectivity index (χ1) is 11.2. The predicted molar refractivity (Wildman–Crippen MR) is 100 cm³/mol. The van der Waals surface area contributed by atoms with Gasteiger partial charge in [0.25, 0.3) is 0 Å². The SMILES string of the molecule is C.Cc1cc(C(F)(F)F)cc(C)c1C.Cc1cccc2c1CCCC2. The van der Waals surface area contributed by atoms with Gasteiger partial charge in [0.15, 0.2) is 0 Å². The molecule has 25 heavy (non-hydrogen) atoms. The van der Waals surface area contributed by atoms with Gasteiger partial charge in [-0.1, -0.05) is 25.6 Å². The average Bonchev–Trinajstić information content (AvgIpc) is 2.52. The molecule has 0 saturated carbocycles. The predicted octanol–water partition coefficient (Wildman–Crippen LogP) is 7.14. The zero-order chi connectivity index (χ0) is 17.9. The van der Waals surface area contributed by atoms with E-state index in [1.54, 1.807) is 25.0 Å². The van der Waals surface area contributed by atoms with Crippen molar-refractivity contribution in [2.24, 2.45) is 0 Å². The second kappa shape index (κ2) is 8.55. The van der Waals surface area contributed by atoms with E-state index in [4.69, 9.17) is 0 Å². The van der Waals surface area contributed by atoms with E-state index < -0.39 is 11.7 Å². The fourth-order valence-corrected chi connectivity index (χ4v) is 3.17. The standard InChI is InChI=1S/C11H14.C10H11F3.CH4/c1-9-5-4-7-10-6-2-3-8-11(9)10;1-6-4-9(10(11,12)13)5-7(2)8(6)3;/h4-5,7H,2-3,6,8H2,1H3;4-5H,1-3H3;1H4. The molecule has 0 atom stereocenters. The normalized spacial score (nSPS) is 13.2. The summed E-state index contributed by atoms with van der Waals surface area (Å²) >= 11 is 0. The van der Waals surface area contributed by atoms with E-state index >= 15 is 0 Å². The molecular formula is C22H29F3. The van der Waals surface area contributed by atoms with E-state index in [0.29, 0.717) is 11.1 Å². The third-order valence-electron chi connectivity index (χ3n) is 4.88. The zero-order valence-corrected chi connectivity index (χ0v) is 14.8. The minimum atomic E-state index is -4.23. The number of alkyl halides is 3. The van der Waals surface area contributed by atoms with E-state index in [1.165, 1.54) is 43.4 Å². The van der Waals surface area contributed by atoms with E-state index in [2.05, 4.69) is 25.1 Å².